The van der Waals surface area contributed by atoms with E-state index < -0.39 is 12.0 Å². The molecule has 0 bridgehead atoms. The van der Waals surface area contributed by atoms with Gasteiger partial charge in [0, 0.05) is 11.3 Å². The van der Waals surface area contributed by atoms with E-state index in [0.717, 1.165) is 5.69 Å². The zero-order valence-corrected chi connectivity index (χ0v) is 7.75. The third-order valence-corrected chi connectivity index (χ3v) is 1.92. The van der Waals surface area contributed by atoms with E-state index in [1.807, 2.05) is 0 Å². The number of nitrogens with zero attached hydrogens (tertiary/aromatic N) is 1. The summed E-state index contributed by atoms with van der Waals surface area (Å²) in [7, 11) is 0. The summed E-state index contributed by atoms with van der Waals surface area (Å²) in [6, 6.07) is 2.13. The van der Waals surface area contributed by atoms with E-state index in [1.54, 1.807) is 19.1 Å². The van der Waals surface area contributed by atoms with Crippen LogP contribution in [-0.4, -0.2) is 16.1 Å². The predicted octanol–water partition coefficient (Wildman–Crippen LogP) is 1.13. The summed E-state index contributed by atoms with van der Waals surface area (Å²) in [5.41, 5.74) is 6.43. The van der Waals surface area contributed by atoms with Gasteiger partial charge in [-0.3, -0.25) is 4.79 Å². The molecule has 1 atom stereocenters. The number of hydrogen-bond acceptors (Lipinski definition) is 3. The van der Waals surface area contributed by atoms with Crippen molar-refractivity contribution < 1.29 is 9.90 Å². The Balaban J connectivity index is 3.08. The normalized spacial score (nSPS) is 12.5. The lowest BCUT2D eigenvalue weighted by molar-refractivity contribution is -0.138. The van der Waals surface area contributed by atoms with Crippen molar-refractivity contribution in [2.45, 2.75) is 13.0 Å². The number of carboxylic acids is 1. The summed E-state index contributed by atoms with van der Waals surface area (Å²) >= 11 is 5.71. The lowest BCUT2D eigenvalue weighted by Crippen LogP contribution is -2.21. The first-order chi connectivity index (χ1) is 6.02. The minimum atomic E-state index is -1.12. The summed E-state index contributed by atoms with van der Waals surface area (Å²) in [5.74, 6) is -1.12. The van der Waals surface area contributed by atoms with Crippen LogP contribution in [0.15, 0.2) is 12.1 Å². The molecule has 4 nitrogen and oxygen atoms in total. The van der Waals surface area contributed by atoms with Crippen molar-refractivity contribution in [1.29, 1.82) is 0 Å². The van der Waals surface area contributed by atoms with Crippen LogP contribution in [0, 0.1) is 6.92 Å². The van der Waals surface area contributed by atoms with Crippen LogP contribution >= 0.6 is 11.6 Å². The molecule has 70 valence electrons. The highest BCUT2D eigenvalue weighted by molar-refractivity contribution is 6.30. The average molecular weight is 201 g/mol. The summed E-state index contributed by atoms with van der Waals surface area (Å²) in [4.78, 5) is 14.4. The largest absolute Gasteiger partial charge is 0.480 e. The topological polar surface area (TPSA) is 76.2 Å². The number of aromatic nitrogens is 1. The quantitative estimate of drug-likeness (QED) is 0.702. The van der Waals surface area contributed by atoms with E-state index in [4.69, 9.17) is 22.4 Å². The number of halogens is 1. The number of carbonyl (C=O) groups is 1. The van der Waals surface area contributed by atoms with Gasteiger partial charge in [0.25, 0.3) is 0 Å². The van der Waals surface area contributed by atoms with Crippen molar-refractivity contribution in [3.63, 3.8) is 0 Å². The molecular weight excluding hydrogens is 192 g/mol. The summed E-state index contributed by atoms with van der Waals surface area (Å²) in [5, 5.41) is 8.77. The van der Waals surface area contributed by atoms with Crippen LogP contribution in [0.3, 0.4) is 0 Å². The Hall–Kier alpha value is -1.13. The Morgan fingerprint density at radius 3 is 2.77 bits per heavy atom. The Morgan fingerprint density at radius 2 is 2.31 bits per heavy atom. The second-order valence-electron chi connectivity index (χ2n) is 2.65. The summed E-state index contributed by atoms with van der Waals surface area (Å²) < 4.78 is 0. The number of aliphatic carboxylic acids is 1. The summed E-state index contributed by atoms with van der Waals surface area (Å²) in [6.07, 6.45) is 0. The Kier molecular flexibility index (Phi) is 2.85. The first-order valence-corrected chi connectivity index (χ1v) is 4.01. The van der Waals surface area contributed by atoms with Crippen LogP contribution in [0.5, 0.6) is 0 Å². The predicted molar refractivity (Wildman–Crippen MR) is 48.5 cm³/mol. The molecule has 1 aromatic heterocycles. The Morgan fingerprint density at radius 1 is 1.69 bits per heavy atom. The highest BCUT2D eigenvalue weighted by Gasteiger charge is 2.17. The van der Waals surface area contributed by atoms with Crippen molar-refractivity contribution in [3.05, 3.63) is 28.5 Å². The van der Waals surface area contributed by atoms with Gasteiger partial charge >= 0.3 is 5.97 Å². The smallest absolute Gasteiger partial charge is 0.325 e. The standard InChI is InChI=1S/C8H9ClN2O2/c1-4-2-3-5(7(9)11-4)6(10)8(12)13/h2-3,6H,10H2,1H3,(H,12,13)/t6-/m1/s1. The maximum atomic E-state index is 10.5. The van der Waals surface area contributed by atoms with Gasteiger partial charge in [0.05, 0.1) is 0 Å². The molecule has 3 N–H and O–H groups in total. The molecule has 0 spiro atoms. The SMILES string of the molecule is Cc1ccc([C@@H](N)C(=O)O)c(Cl)n1. The molecule has 5 heteroatoms. The first-order valence-electron chi connectivity index (χ1n) is 3.64. The number of rotatable bonds is 2. The molecule has 0 unspecified atom stereocenters. The van der Waals surface area contributed by atoms with E-state index in [1.165, 1.54) is 0 Å². The van der Waals surface area contributed by atoms with Crippen molar-refractivity contribution in [3.8, 4) is 0 Å². The zero-order valence-electron chi connectivity index (χ0n) is 6.99. The number of hydrogen-bond donors (Lipinski definition) is 2. The minimum absolute atomic E-state index is 0.148. The first kappa shape index (κ1) is 9.95. The molecule has 0 radical (unpaired) electrons. The molecule has 1 rings (SSSR count). The molecule has 0 aliphatic carbocycles. The minimum Gasteiger partial charge on any atom is -0.480 e. The highest BCUT2D eigenvalue weighted by Crippen LogP contribution is 2.19. The van der Waals surface area contributed by atoms with E-state index >= 15 is 0 Å². The lowest BCUT2D eigenvalue weighted by atomic mass is 10.1. The molecule has 0 aliphatic heterocycles. The van der Waals surface area contributed by atoms with Gasteiger partial charge in [-0.15, -0.1) is 0 Å². The molecule has 1 heterocycles. The molecule has 0 saturated carbocycles. The fourth-order valence-electron chi connectivity index (χ4n) is 0.901. The van der Waals surface area contributed by atoms with E-state index in [0.29, 0.717) is 5.56 Å². The van der Waals surface area contributed by atoms with Crippen molar-refractivity contribution in [2.24, 2.45) is 5.73 Å². The number of carboxylic acid groups (broad SMARTS) is 1. The maximum Gasteiger partial charge on any atom is 0.325 e. The van der Waals surface area contributed by atoms with Gasteiger partial charge < -0.3 is 10.8 Å². The third-order valence-electron chi connectivity index (χ3n) is 1.62. The van der Waals surface area contributed by atoms with Crippen LogP contribution in [0.25, 0.3) is 0 Å². The molecule has 0 saturated heterocycles. The summed E-state index contributed by atoms with van der Waals surface area (Å²) in [6.45, 7) is 1.77. The highest BCUT2D eigenvalue weighted by atomic mass is 35.5. The number of pyridine rings is 1. The van der Waals surface area contributed by atoms with E-state index in [-0.39, 0.29) is 5.15 Å². The van der Waals surface area contributed by atoms with Gasteiger partial charge in [-0.05, 0) is 13.0 Å². The van der Waals surface area contributed by atoms with Crippen LogP contribution in [0.1, 0.15) is 17.3 Å². The van der Waals surface area contributed by atoms with Gasteiger partial charge in [-0.25, -0.2) is 4.98 Å². The molecular formula is C8H9ClN2O2. The fraction of sp³-hybridized carbons (Fsp3) is 0.250. The average Bonchev–Trinajstić information content (AvgIpc) is 2.03. The molecule has 1 aromatic rings. The number of nitrogens with two attached hydrogens (primary N) is 1. The number of aryl methyl sites for hydroxylation is 1. The van der Waals surface area contributed by atoms with Crippen molar-refractivity contribution >= 4 is 17.6 Å². The second-order valence-corrected chi connectivity index (χ2v) is 3.01. The Labute approximate surface area is 80.3 Å². The monoisotopic (exact) mass is 200 g/mol. The van der Waals surface area contributed by atoms with Crippen LogP contribution in [0.2, 0.25) is 5.15 Å². The van der Waals surface area contributed by atoms with Gasteiger partial charge in [0.2, 0.25) is 0 Å². The fourth-order valence-corrected chi connectivity index (χ4v) is 1.21. The molecule has 0 aromatic carbocycles. The third kappa shape index (κ3) is 2.17. The van der Waals surface area contributed by atoms with Crippen LogP contribution in [-0.2, 0) is 4.79 Å². The zero-order chi connectivity index (χ0) is 10.0. The second kappa shape index (κ2) is 3.72. The maximum absolute atomic E-state index is 10.5. The molecule has 0 aliphatic rings. The van der Waals surface area contributed by atoms with Crippen molar-refractivity contribution in [1.82, 2.24) is 4.98 Å². The van der Waals surface area contributed by atoms with E-state index in [9.17, 15) is 4.79 Å². The van der Waals surface area contributed by atoms with Gasteiger partial charge in [0.15, 0.2) is 0 Å². The van der Waals surface area contributed by atoms with Gasteiger partial charge in [0.1, 0.15) is 11.2 Å². The van der Waals surface area contributed by atoms with Crippen LogP contribution in [0.4, 0.5) is 0 Å². The van der Waals surface area contributed by atoms with E-state index in [2.05, 4.69) is 4.98 Å². The van der Waals surface area contributed by atoms with Gasteiger partial charge in [-0.1, -0.05) is 17.7 Å². The molecule has 0 amide bonds. The lowest BCUT2D eigenvalue weighted by Gasteiger charge is -2.08. The molecule has 0 fully saturated rings. The van der Waals surface area contributed by atoms with Crippen molar-refractivity contribution in [2.75, 3.05) is 0 Å². The Bertz CT molecular complexity index is 341. The van der Waals surface area contributed by atoms with Gasteiger partial charge in [-0.2, -0.15) is 0 Å². The molecule has 13 heavy (non-hydrogen) atoms. The van der Waals surface area contributed by atoms with Crippen LogP contribution < -0.4 is 5.73 Å².